The van der Waals surface area contributed by atoms with Crippen LogP contribution in [0.25, 0.3) is 0 Å². The van der Waals surface area contributed by atoms with Crippen LogP contribution >= 0.6 is 0 Å². The van der Waals surface area contributed by atoms with Gasteiger partial charge in [-0.05, 0) is 42.7 Å². The molecule has 6 nitrogen and oxygen atoms in total. The number of amides is 2. The van der Waals surface area contributed by atoms with Crippen molar-refractivity contribution in [3.63, 3.8) is 0 Å². The average molecular weight is 340 g/mol. The fourth-order valence-corrected chi connectivity index (χ4v) is 2.49. The summed E-state index contributed by atoms with van der Waals surface area (Å²) in [5.41, 5.74) is 2.27. The van der Waals surface area contributed by atoms with E-state index in [1.54, 1.807) is 30.3 Å². The molecule has 0 saturated carbocycles. The van der Waals surface area contributed by atoms with Crippen LogP contribution in [0.1, 0.15) is 25.3 Å². The zero-order chi connectivity index (χ0) is 17.6. The molecule has 6 heteroatoms. The number of carbonyl (C=O) groups excluding carboxylic acids is 2. The summed E-state index contributed by atoms with van der Waals surface area (Å²) in [5, 5.41) is 5.14. The first kappa shape index (κ1) is 16.8. The second-order valence-electron chi connectivity index (χ2n) is 5.78. The minimum atomic E-state index is -0.742. The molecule has 1 heterocycles. The molecule has 1 aliphatic heterocycles. The molecule has 25 heavy (non-hydrogen) atoms. The van der Waals surface area contributed by atoms with Gasteiger partial charge in [0, 0.05) is 17.4 Å². The smallest absolute Gasteiger partial charge is 0.314 e. The lowest BCUT2D eigenvalue weighted by atomic mass is 10.1. The molecule has 0 bridgehead atoms. The Hall–Kier alpha value is -3.02. The molecule has 3 rings (SSSR count). The van der Waals surface area contributed by atoms with Crippen LogP contribution in [-0.4, -0.2) is 18.6 Å². The Morgan fingerprint density at radius 2 is 1.56 bits per heavy atom. The summed E-state index contributed by atoms with van der Waals surface area (Å²) in [6.07, 6.45) is 3.28. The molecular formula is C19H20N2O4. The summed E-state index contributed by atoms with van der Waals surface area (Å²) in [6.45, 7) is 2.30. The minimum Gasteiger partial charge on any atom is -0.454 e. The van der Waals surface area contributed by atoms with Crippen molar-refractivity contribution in [1.29, 1.82) is 0 Å². The van der Waals surface area contributed by atoms with Crippen LogP contribution in [0.4, 0.5) is 11.4 Å². The SMILES string of the molecule is CCCCc1ccc(NC(=O)C(=O)Nc2ccc3c(c2)OCO3)cc1. The zero-order valence-electron chi connectivity index (χ0n) is 14.0. The van der Waals surface area contributed by atoms with Gasteiger partial charge in [-0.1, -0.05) is 25.5 Å². The monoisotopic (exact) mass is 340 g/mol. The Morgan fingerprint density at radius 3 is 2.28 bits per heavy atom. The molecule has 0 fully saturated rings. The molecule has 130 valence electrons. The van der Waals surface area contributed by atoms with E-state index in [2.05, 4.69) is 17.6 Å². The highest BCUT2D eigenvalue weighted by Gasteiger charge is 2.17. The number of carbonyl (C=O) groups is 2. The Balaban J connectivity index is 1.56. The highest BCUT2D eigenvalue weighted by Crippen LogP contribution is 2.34. The van der Waals surface area contributed by atoms with Gasteiger partial charge in [0.1, 0.15) is 0 Å². The van der Waals surface area contributed by atoms with E-state index < -0.39 is 11.8 Å². The van der Waals surface area contributed by atoms with E-state index in [-0.39, 0.29) is 6.79 Å². The predicted molar refractivity (Wildman–Crippen MR) is 94.9 cm³/mol. The Kier molecular flexibility index (Phi) is 5.18. The van der Waals surface area contributed by atoms with Gasteiger partial charge in [-0.25, -0.2) is 0 Å². The van der Waals surface area contributed by atoms with Crippen LogP contribution < -0.4 is 20.1 Å². The molecule has 0 spiro atoms. The Bertz CT molecular complexity index is 771. The van der Waals surface area contributed by atoms with Crippen molar-refractivity contribution in [2.45, 2.75) is 26.2 Å². The summed E-state index contributed by atoms with van der Waals surface area (Å²) in [7, 11) is 0. The number of anilines is 2. The first-order valence-corrected chi connectivity index (χ1v) is 8.26. The first-order chi connectivity index (χ1) is 12.2. The van der Waals surface area contributed by atoms with Gasteiger partial charge in [-0.3, -0.25) is 9.59 Å². The topological polar surface area (TPSA) is 76.7 Å². The Morgan fingerprint density at radius 1 is 0.920 bits per heavy atom. The molecule has 0 unspecified atom stereocenters. The third-order valence-electron chi connectivity index (χ3n) is 3.87. The summed E-state index contributed by atoms with van der Waals surface area (Å²) < 4.78 is 10.4. The van der Waals surface area contributed by atoms with Gasteiger partial charge in [0.15, 0.2) is 11.5 Å². The van der Waals surface area contributed by atoms with Crippen molar-refractivity contribution < 1.29 is 19.1 Å². The van der Waals surface area contributed by atoms with E-state index in [0.717, 1.165) is 19.3 Å². The van der Waals surface area contributed by atoms with Crippen molar-refractivity contribution in [1.82, 2.24) is 0 Å². The van der Waals surface area contributed by atoms with E-state index in [9.17, 15) is 9.59 Å². The van der Waals surface area contributed by atoms with Crippen molar-refractivity contribution >= 4 is 23.2 Å². The number of rotatable bonds is 5. The minimum absolute atomic E-state index is 0.154. The molecular weight excluding hydrogens is 320 g/mol. The van der Waals surface area contributed by atoms with Gasteiger partial charge in [-0.2, -0.15) is 0 Å². The van der Waals surface area contributed by atoms with Gasteiger partial charge in [0.2, 0.25) is 6.79 Å². The second-order valence-corrected chi connectivity index (χ2v) is 5.78. The number of aryl methyl sites for hydroxylation is 1. The number of hydrogen-bond acceptors (Lipinski definition) is 4. The number of benzene rings is 2. The summed E-state index contributed by atoms with van der Waals surface area (Å²) in [5.74, 6) is -0.306. The number of unbranched alkanes of at least 4 members (excludes halogenated alkanes) is 1. The van der Waals surface area contributed by atoms with Crippen molar-refractivity contribution in [2.75, 3.05) is 17.4 Å². The molecule has 2 aromatic rings. The maximum Gasteiger partial charge on any atom is 0.314 e. The molecule has 2 N–H and O–H groups in total. The molecule has 1 aliphatic rings. The summed E-state index contributed by atoms with van der Waals surface area (Å²) in [6, 6.07) is 12.5. The standard InChI is InChI=1S/C19H20N2O4/c1-2-3-4-13-5-7-14(8-6-13)20-18(22)19(23)21-15-9-10-16-17(11-15)25-12-24-16/h5-11H,2-4,12H2,1H3,(H,20,22)(H,21,23). The normalized spacial score (nSPS) is 11.9. The lowest BCUT2D eigenvalue weighted by molar-refractivity contribution is -0.132. The molecule has 0 atom stereocenters. The third-order valence-corrected chi connectivity index (χ3v) is 3.87. The quantitative estimate of drug-likeness (QED) is 0.819. The molecule has 0 aromatic heterocycles. The van der Waals surface area contributed by atoms with Crippen LogP contribution in [0.5, 0.6) is 11.5 Å². The lowest BCUT2D eigenvalue weighted by Crippen LogP contribution is -2.29. The Labute approximate surface area is 146 Å². The summed E-state index contributed by atoms with van der Waals surface area (Å²) in [4.78, 5) is 24.1. The maximum absolute atomic E-state index is 12.0. The van der Waals surface area contributed by atoms with Crippen molar-refractivity contribution in [3.05, 3.63) is 48.0 Å². The predicted octanol–water partition coefficient (Wildman–Crippen LogP) is 3.34. The van der Waals surface area contributed by atoms with E-state index >= 15 is 0 Å². The molecule has 0 saturated heterocycles. The van der Waals surface area contributed by atoms with Gasteiger partial charge in [-0.15, -0.1) is 0 Å². The van der Waals surface area contributed by atoms with E-state index in [4.69, 9.17) is 9.47 Å². The van der Waals surface area contributed by atoms with Crippen molar-refractivity contribution in [2.24, 2.45) is 0 Å². The third kappa shape index (κ3) is 4.29. The van der Waals surface area contributed by atoms with Gasteiger partial charge in [0.25, 0.3) is 0 Å². The molecule has 0 aliphatic carbocycles. The highest BCUT2D eigenvalue weighted by atomic mass is 16.7. The molecule has 2 aromatic carbocycles. The largest absolute Gasteiger partial charge is 0.454 e. The molecule has 0 radical (unpaired) electrons. The van der Waals surface area contributed by atoms with E-state index in [1.807, 2.05) is 12.1 Å². The van der Waals surface area contributed by atoms with Crippen molar-refractivity contribution in [3.8, 4) is 11.5 Å². The number of nitrogens with one attached hydrogen (secondary N) is 2. The van der Waals surface area contributed by atoms with Crippen LogP contribution in [0.15, 0.2) is 42.5 Å². The highest BCUT2D eigenvalue weighted by molar-refractivity contribution is 6.43. The second kappa shape index (κ2) is 7.70. The zero-order valence-corrected chi connectivity index (χ0v) is 14.0. The van der Waals surface area contributed by atoms with Crippen LogP contribution in [0.3, 0.4) is 0 Å². The van der Waals surface area contributed by atoms with Crippen LogP contribution in [0, 0.1) is 0 Å². The lowest BCUT2D eigenvalue weighted by Gasteiger charge is -2.08. The van der Waals surface area contributed by atoms with Gasteiger partial charge in [0.05, 0.1) is 0 Å². The number of fused-ring (bicyclic) bond motifs is 1. The van der Waals surface area contributed by atoms with E-state index in [0.29, 0.717) is 22.9 Å². The maximum atomic E-state index is 12.0. The van der Waals surface area contributed by atoms with E-state index in [1.165, 1.54) is 5.56 Å². The summed E-state index contributed by atoms with van der Waals surface area (Å²) >= 11 is 0. The number of ether oxygens (including phenoxy) is 2. The van der Waals surface area contributed by atoms with Gasteiger partial charge >= 0.3 is 11.8 Å². The fourth-order valence-electron chi connectivity index (χ4n) is 2.49. The molecule has 2 amide bonds. The number of hydrogen-bond donors (Lipinski definition) is 2. The van der Waals surface area contributed by atoms with Crippen LogP contribution in [0.2, 0.25) is 0 Å². The fraction of sp³-hybridized carbons (Fsp3) is 0.263. The van der Waals surface area contributed by atoms with Gasteiger partial charge < -0.3 is 20.1 Å². The van der Waals surface area contributed by atoms with Crippen LogP contribution in [-0.2, 0) is 16.0 Å². The first-order valence-electron chi connectivity index (χ1n) is 8.26. The average Bonchev–Trinajstić information content (AvgIpc) is 3.09.